The van der Waals surface area contributed by atoms with Crippen LogP contribution in [0.1, 0.15) is 11.1 Å². The summed E-state index contributed by atoms with van der Waals surface area (Å²) in [6, 6.07) is 27.6. The van der Waals surface area contributed by atoms with E-state index in [1.54, 1.807) is 0 Å². The van der Waals surface area contributed by atoms with E-state index in [0.29, 0.717) is 18.1 Å². The average molecular weight is 551 g/mol. The van der Waals surface area contributed by atoms with Crippen molar-refractivity contribution < 1.29 is 9.52 Å². The standard InChI is InChI=1S/C33H30B6N2O2/c1-40-33(23-25(35)27(37)24(34)21-22-26(36)30(42)28(38)29(39)32(22)43-31(21)23)41-15-16-10-12-18(13-11-16)20-9-5-8-19(14-20)17-6-3-2-4-7-17/h2-14,42H,1,15,34-39H2/b41-33-. The van der Waals surface area contributed by atoms with Gasteiger partial charge in [-0.2, -0.15) is 0 Å². The van der Waals surface area contributed by atoms with Crippen molar-refractivity contribution in [2.45, 2.75) is 6.54 Å². The second kappa shape index (κ2) is 11.3. The summed E-state index contributed by atoms with van der Waals surface area (Å²) in [5.74, 6) is 0.874. The van der Waals surface area contributed by atoms with Crippen LogP contribution in [0.3, 0.4) is 0 Å². The third-order valence-corrected chi connectivity index (χ3v) is 9.04. The van der Waals surface area contributed by atoms with Crippen molar-refractivity contribution in [1.82, 2.24) is 0 Å². The quantitative estimate of drug-likeness (QED) is 0.151. The lowest BCUT2D eigenvalue weighted by Gasteiger charge is -2.14. The van der Waals surface area contributed by atoms with Gasteiger partial charge < -0.3 is 9.52 Å². The number of fused-ring (bicyclic) bond motifs is 3. The van der Waals surface area contributed by atoms with E-state index in [4.69, 9.17) is 9.41 Å². The zero-order valence-electron chi connectivity index (χ0n) is 25.7. The Morgan fingerprint density at radius 2 is 1.23 bits per heavy atom. The van der Waals surface area contributed by atoms with Gasteiger partial charge in [0.2, 0.25) is 0 Å². The summed E-state index contributed by atoms with van der Waals surface area (Å²) < 4.78 is 6.61. The first-order valence-electron chi connectivity index (χ1n) is 14.6. The minimum atomic E-state index is 0.317. The van der Waals surface area contributed by atoms with Crippen LogP contribution in [0.15, 0.2) is 93.3 Å². The maximum atomic E-state index is 10.9. The summed E-state index contributed by atoms with van der Waals surface area (Å²) >= 11 is 0. The van der Waals surface area contributed by atoms with Gasteiger partial charge in [0.15, 0.2) is 5.84 Å². The molecule has 0 saturated carbocycles. The molecule has 0 aliphatic heterocycles. The van der Waals surface area contributed by atoms with Crippen LogP contribution in [0.5, 0.6) is 5.75 Å². The first kappa shape index (κ1) is 28.5. The van der Waals surface area contributed by atoms with Crippen LogP contribution in [0.2, 0.25) is 0 Å². The van der Waals surface area contributed by atoms with E-state index in [1.807, 2.05) is 29.6 Å². The Morgan fingerprint density at radius 3 is 1.88 bits per heavy atom. The minimum Gasteiger partial charge on any atom is -0.509 e. The van der Waals surface area contributed by atoms with Crippen molar-refractivity contribution in [2.24, 2.45) is 9.98 Å². The Bertz CT molecular complexity index is 2090. The van der Waals surface area contributed by atoms with E-state index < -0.39 is 0 Å². The van der Waals surface area contributed by atoms with E-state index in [9.17, 15) is 5.11 Å². The minimum absolute atomic E-state index is 0.317. The van der Waals surface area contributed by atoms with Gasteiger partial charge >= 0.3 is 0 Å². The highest BCUT2D eigenvalue weighted by atomic mass is 16.3. The first-order chi connectivity index (χ1) is 20.7. The smallest absolute Gasteiger partial charge is 0.157 e. The Morgan fingerprint density at radius 1 is 0.628 bits per heavy atom. The Labute approximate surface area is 257 Å². The number of phenolic OH excluding ortho intramolecular Hbond substituents is 1. The topological polar surface area (TPSA) is 58.1 Å². The molecule has 0 fully saturated rings. The molecule has 0 spiro atoms. The fraction of sp³-hybridized carbons (Fsp3) is 0.0303. The molecule has 4 nitrogen and oxygen atoms in total. The van der Waals surface area contributed by atoms with Crippen molar-refractivity contribution >= 4 is 114 Å². The summed E-state index contributed by atoms with van der Waals surface area (Å²) in [5.41, 5.74) is 14.2. The van der Waals surface area contributed by atoms with Crippen LogP contribution in [-0.2, 0) is 6.54 Å². The number of amidine groups is 1. The fourth-order valence-electron chi connectivity index (χ4n) is 6.12. The number of aliphatic imine (C=N–C) groups is 2. The van der Waals surface area contributed by atoms with Gasteiger partial charge in [-0.25, -0.2) is 4.99 Å². The molecule has 0 bridgehead atoms. The van der Waals surface area contributed by atoms with Gasteiger partial charge in [-0.3, -0.25) is 4.99 Å². The maximum absolute atomic E-state index is 10.9. The van der Waals surface area contributed by atoms with Crippen molar-refractivity contribution in [3.63, 3.8) is 0 Å². The van der Waals surface area contributed by atoms with E-state index in [2.05, 4.69) is 108 Å². The van der Waals surface area contributed by atoms with E-state index in [1.165, 1.54) is 16.7 Å². The third kappa shape index (κ3) is 4.85. The van der Waals surface area contributed by atoms with Crippen LogP contribution in [0, 0.1) is 0 Å². The summed E-state index contributed by atoms with van der Waals surface area (Å²) in [4.78, 5) is 9.35. The number of phenols is 1. The normalized spacial score (nSPS) is 11.8. The van der Waals surface area contributed by atoms with Crippen molar-refractivity contribution in [3.05, 3.63) is 90.0 Å². The second-order valence-electron chi connectivity index (χ2n) is 11.4. The molecule has 202 valence electrons. The third-order valence-electron chi connectivity index (χ3n) is 9.04. The monoisotopic (exact) mass is 552 g/mol. The molecule has 0 aliphatic carbocycles. The molecule has 6 rings (SSSR count). The van der Waals surface area contributed by atoms with Crippen LogP contribution in [0.4, 0.5) is 0 Å². The Balaban J connectivity index is 1.38. The Hall–Kier alpha value is -4.57. The molecule has 1 N–H and O–H groups in total. The van der Waals surface area contributed by atoms with Gasteiger partial charge in [0.1, 0.15) is 64.0 Å². The zero-order valence-corrected chi connectivity index (χ0v) is 25.7. The van der Waals surface area contributed by atoms with Crippen LogP contribution in [0.25, 0.3) is 44.2 Å². The highest BCUT2D eigenvalue weighted by Gasteiger charge is 2.24. The predicted molar refractivity (Wildman–Crippen MR) is 202 cm³/mol. The van der Waals surface area contributed by atoms with E-state index in [0.717, 1.165) is 71.4 Å². The van der Waals surface area contributed by atoms with Gasteiger partial charge in [0.05, 0.1) is 12.1 Å². The molecule has 5 aromatic carbocycles. The number of nitrogens with zero attached hydrogens (tertiary/aromatic N) is 2. The lowest BCUT2D eigenvalue weighted by atomic mass is 9.67. The number of benzene rings is 5. The molecule has 0 unspecified atom stereocenters. The van der Waals surface area contributed by atoms with Crippen molar-refractivity contribution in [3.8, 4) is 28.0 Å². The lowest BCUT2D eigenvalue weighted by Crippen LogP contribution is -2.42. The molecule has 0 atom stereocenters. The molecule has 1 aromatic heterocycles. The number of hydrogen-bond donors (Lipinski definition) is 1. The highest BCUT2D eigenvalue weighted by molar-refractivity contribution is 6.65. The zero-order chi connectivity index (χ0) is 30.4. The van der Waals surface area contributed by atoms with Gasteiger partial charge in [-0.15, -0.1) is 0 Å². The molecule has 0 aliphatic rings. The van der Waals surface area contributed by atoms with E-state index in [-0.39, 0.29) is 0 Å². The molecule has 0 amide bonds. The predicted octanol–water partition coefficient (Wildman–Crippen LogP) is -2.18. The summed E-state index contributed by atoms with van der Waals surface area (Å²) in [5, 5.41) is 12.8. The molecule has 0 saturated heterocycles. The maximum Gasteiger partial charge on any atom is 0.157 e. The molecule has 0 radical (unpaired) electrons. The summed E-state index contributed by atoms with van der Waals surface area (Å²) in [7, 11) is 12.2. The second-order valence-corrected chi connectivity index (χ2v) is 11.4. The fourth-order valence-corrected chi connectivity index (χ4v) is 6.12. The summed E-state index contributed by atoms with van der Waals surface area (Å²) in [6.07, 6.45) is 0. The molecular weight excluding hydrogens is 521 g/mol. The van der Waals surface area contributed by atoms with Crippen molar-refractivity contribution in [2.75, 3.05) is 0 Å². The summed E-state index contributed by atoms with van der Waals surface area (Å²) in [6.45, 7) is 4.35. The number of hydrogen-bond acceptors (Lipinski definition) is 3. The Kier molecular flexibility index (Phi) is 7.47. The van der Waals surface area contributed by atoms with Crippen LogP contribution in [-0.4, -0.2) is 64.7 Å². The van der Waals surface area contributed by atoms with Gasteiger partial charge in [0, 0.05) is 10.8 Å². The SMILES string of the molecule is Bc1c(O)c(B)c2c(oc3c(/C(N=C)=N/Cc4ccc(-c5cccc(-c6ccccc6)c5)cc4)c(B)c(B)c(B)c32)c1B. The first-order valence-corrected chi connectivity index (χ1v) is 14.6. The molecular formula is C33H30B6N2O2. The number of aromatic hydroxyl groups is 1. The largest absolute Gasteiger partial charge is 0.509 e. The molecule has 43 heavy (non-hydrogen) atoms. The highest BCUT2D eigenvalue weighted by Crippen LogP contribution is 2.29. The average Bonchev–Trinajstić information content (AvgIpc) is 3.44. The van der Waals surface area contributed by atoms with E-state index >= 15 is 0 Å². The van der Waals surface area contributed by atoms with Crippen LogP contribution < -0.4 is 32.8 Å². The number of furan rings is 1. The molecule has 6 aromatic rings. The van der Waals surface area contributed by atoms with Gasteiger partial charge in [-0.1, -0.05) is 94.6 Å². The lowest BCUT2D eigenvalue weighted by molar-refractivity contribution is 0.484. The molecule has 1 heterocycles. The van der Waals surface area contributed by atoms with Gasteiger partial charge in [-0.05, 0) is 51.5 Å². The van der Waals surface area contributed by atoms with Gasteiger partial charge in [0.25, 0.3) is 0 Å². The number of rotatable bonds is 5. The van der Waals surface area contributed by atoms with Crippen LogP contribution >= 0.6 is 0 Å². The molecule has 10 heteroatoms. The van der Waals surface area contributed by atoms with Crippen molar-refractivity contribution in [1.29, 1.82) is 0 Å².